The molecule has 226 valence electrons. The van der Waals surface area contributed by atoms with Crippen molar-refractivity contribution in [3.63, 3.8) is 0 Å². The monoisotopic (exact) mass is 590 g/mol. The Morgan fingerprint density at radius 3 is 2.26 bits per heavy atom. The number of amides is 2. The topological polar surface area (TPSA) is 143 Å². The number of ether oxygens (including phenoxy) is 4. The molecule has 2 amide bonds. The molecule has 43 heavy (non-hydrogen) atoms. The van der Waals surface area contributed by atoms with E-state index >= 15 is 0 Å². The standard InChI is InChI=1S/C30H34N6O7/c1-39-24-17-21(12-13-22(24)35-18-31-33-34-35)36(30(38)23-11-8-14-43-23)27(29(37)32-20-9-6-5-7-10-20)19-15-25(40-2)28(42-4)26(16-19)41-3/h8,11-18,20,27H,5-7,9-10H2,1-4H3,(H,32,37)/t27-/m1/s1. The number of hydrogen-bond donors (Lipinski definition) is 1. The summed E-state index contributed by atoms with van der Waals surface area (Å²) < 4.78 is 29.4. The molecule has 2 heterocycles. The molecule has 1 aliphatic carbocycles. The molecule has 13 heteroatoms. The lowest BCUT2D eigenvalue weighted by molar-refractivity contribution is -0.123. The Hall–Kier alpha value is -5.07. The van der Waals surface area contributed by atoms with Crippen molar-refractivity contribution in [3.05, 3.63) is 66.4 Å². The lowest BCUT2D eigenvalue weighted by Gasteiger charge is -2.33. The van der Waals surface area contributed by atoms with Gasteiger partial charge in [0.15, 0.2) is 17.3 Å². The minimum atomic E-state index is -1.17. The van der Waals surface area contributed by atoms with E-state index in [2.05, 4.69) is 20.8 Å². The number of tetrazole rings is 1. The average molecular weight is 591 g/mol. The van der Waals surface area contributed by atoms with Gasteiger partial charge in [-0.15, -0.1) is 5.10 Å². The highest BCUT2D eigenvalue weighted by Crippen LogP contribution is 2.42. The molecule has 13 nitrogen and oxygen atoms in total. The van der Waals surface area contributed by atoms with Crippen LogP contribution in [0.15, 0.2) is 59.5 Å². The number of carbonyl (C=O) groups is 2. The first-order valence-corrected chi connectivity index (χ1v) is 13.9. The second kappa shape index (κ2) is 13.3. The third kappa shape index (κ3) is 6.10. The Balaban J connectivity index is 1.70. The van der Waals surface area contributed by atoms with Gasteiger partial charge in [0.05, 0.1) is 34.7 Å². The maximum absolute atomic E-state index is 14.4. The van der Waals surface area contributed by atoms with Crippen LogP contribution in [0.2, 0.25) is 0 Å². The van der Waals surface area contributed by atoms with E-state index in [0.717, 1.165) is 32.1 Å². The summed E-state index contributed by atoms with van der Waals surface area (Å²) in [5.74, 6) is 0.541. The van der Waals surface area contributed by atoms with Crippen LogP contribution in [0.1, 0.15) is 54.3 Å². The van der Waals surface area contributed by atoms with E-state index < -0.39 is 11.9 Å². The lowest BCUT2D eigenvalue weighted by Crippen LogP contribution is -2.47. The first-order valence-electron chi connectivity index (χ1n) is 13.9. The summed E-state index contributed by atoms with van der Waals surface area (Å²) in [6.07, 6.45) is 7.71. The predicted molar refractivity (Wildman–Crippen MR) is 155 cm³/mol. The maximum atomic E-state index is 14.4. The summed E-state index contributed by atoms with van der Waals surface area (Å²) in [6.45, 7) is 0. The molecule has 4 aromatic rings. The Bertz CT molecular complexity index is 1510. The number of benzene rings is 2. The largest absolute Gasteiger partial charge is 0.494 e. The number of carbonyl (C=O) groups excluding carboxylic acids is 2. The molecule has 0 bridgehead atoms. The van der Waals surface area contributed by atoms with E-state index in [9.17, 15) is 9.59 Å². The zero-order valence-electron chi connectivity index (χ0n) is 24.5. The van der Waals surface area contributed by atoms with Crippen molar-refractivity contribution in [2.24, 2.45) is 0 Å². The van der Waals surface area contributed by atoms with Crippen molar-refractivity contribution in [3.8, 4) is 28.7 Å². The Morgan fingerprint density at radius 2 is 1.67 bits per heavy atom. The van der Waals surface area contributed by atoms with Crippen LogP contribution in [0.25, 0.3) is 5.69 Å². The SMILES string of the molecule is COc1cc(N(C(=O)c2ccco2)[C@@H](C(=O)NC2CCCCC2)c2cc(OC)c(OC)c(OC)c2)ccc1-n1cnnn1. The third-order valence-electron chi connectivity index (χ3n) is 7.45. The van der Waals surface area contributed by atoms with Crippen molar-refractivity contribution >= 4 is 17.5 Å². The maximum Gasteiger partial charge on any atom is 0.294 e. The smallest absolute Gasteiger partial charge is 0.294 e. The van der Waals surface area contributed by atoms with Crippen LogP contribution < -0.4 is 29.2 Å². The van der Waals surface area contributed by atoms with Crippen molar-refractivity contribution < 1.29 is 33.0 Å². The van der Waals surface area contributed by atoms with E-state index in [1.807, 2.05) is 0 Å². The van der Waals surface area contributed by atoms with Gasteiger partial charge < -0.3 is 28.7 Å². The molecule has 0 saturated heterocycles. The molecule has 1 fully saturated rings. The van der Waals surface area contributed by atoms with Gasteiger partial charge in [-0.25, -0.2) is 0 Å². The summed E-state index contributed by atoms with van der Waals surface area (Å²) in [7, 11) is 5.98. The molecular formula is C30H34N6O7. The number of aromatic nitrogens is 4. The minimum absolute atomic E-state index is 0.0249. The summed E-state index contributed by atoms with van der Waals surface area (Å²) >= 11 is 0. The van der Waals surface area contributed by atoms with Crippen LogP contribution in [-0.4, -0.2) is 66.5 Å². The second-order valence-corrected chi connectivity index (χ2v) is 9.97. The highest BCUT2D eigenvalue weighted by atomic mass is 16.5. The Labute approximate surface area is 248 Å². The van der Waals surface area contributed by atoms with Gasteiger partial charge in [-0.2, -0.15) is 4.68 Å². The zero-order chi connectivity index (χ0) is 30.3. The van der Waals surface area contributed by atoms with E-state index in [1.54, 1.807) is 42.5 Å². The Kier molecular flexibility index (Phi) is 9.08. The van der Waals surface area contributed by atoms with Crippen molar-refractivity contribution in [1.29, 1.82) is 0 Å². The fourth-order valence-electron chi connectivity index (χ4n) is 5.38. The fraction of sp³-hybridized carbons (Fsp3) is 0.367. The molecule has 5 rings (SSSR count). The zero-order valence-corrected chi connectivity index (χ0v) is 24.5. The fourth-order valence-corrected chi connectivity index (χ4v) is 5.38. The molecule has 2 aromatic carbocycles. The van der Waals surface area contributed by atoms with Crippen LogP contribution in [-0.2, 0) is 4.79 Å². The highest BCUT2D eigenvalue weighted by Gasteiger charge is 2.37. The summed E-state index contributed by atoms with van der Waals surface area (Å²) in [5.41, 5.74) is 1.34. The van der Waals surface area contributed by atoms with Gasteiger partial charge >= 0.3 is 0 Å². The number of furan rings is 1. The Morgan fingerprint density at radius 1 is 0.953 bits per heavy atom. The molecular weight excluding hydrogens is 556 g/mol. The molecule has 2 aromatic heterocycles. The van der Waals surface area contributed by atoms with E-state index in [0.29, 0.717) is 39.9 Å². The minimum Gasteiger partial charge on any atom is -0.494 e. The molecule has 1 atom stereocenters. The number of nitrogens with zero attached hydrogens (tertiary/aromatic N) is 5. The molecule has 1 N–H and O–H groups in total. The molecule has 0 spiro atoms. The van der Waals surface area contributed by atoms with Crippen molar-refractivity contribution in [2.45, 2.75) is 44.2 Å². The van der Waals surface area contributed by atoms with Gasteiger partial charge in [0.2, 0.25) is 11.7 Å². The van der Waals surface area contributed by atoms with Gasteiger partial charge in [-0.1, -0.05) is 19.3 Å². The van der Waals surface area contributed by atoms with Gasteiger partial charge in [-0.05, 0) is 65.2 Å². The number of methoxy groups -OCH3 is 4. The van der Waals surface area contributed by atoms with Crippen LogP contribution in [0.4, 0.5) is 5.69 Å². The van der Waals surface area contributed by atoms with Gasteiger partial charge in [0.1, 0.15) is 23.8 Å². The first-order chi connectivity index (χ1) is 21.0. The van der Waals surface area contributed by atoms with Crippen LogP contribution in [0.3, 0.4) is 0 Å². The summed E-state index contributed by atoms with van der Waals surface area (Å²) in [6, 6.07) is 10.4. The predicted octanol–water partition coefficient (Wildman–Crippen LogP) is 4.13. The summed E-state index contributed by atoms with van der Waals surface area (Å²) in [4.78, 5) is 30.0. The van der Waals surface area contributed by atoms with Crippen LogP contribution in [0, 0.1) is 0 Å². The molecule has 1 aliphatic rings. The summed E-state index contributed by atoms with van der Waals surface area (Å²) in [5, 5.41) is 14.5. The van der Waals surface area contributed by atoms with E-state index in [1.165, 1.54) is 50.6 Å². The molecule has 0 aliphatic heterocycles. The van der Waals surface area contributed by atoms with Gasteiger partial charge in [0, 0.05) is 17.8 Å². The normalized spacial score (nSPS) is 14.0. The first kappa shape index (κ1) is 29.4. The van der Waals surface area contributed by atoms with Crippen LogP contribution >= 0.6 is 0 Å². The van der Waals surface area contributed by atoms with E-state index in [4.69, 9.17) is 23.4 Å². The van der Waals surface area contributed by atoms with Crippen molar-refractivity contribution in [1.82, 2.24) is 25.5 Å². The quantitative estimate of drug-likeness (QED) is 0.271. The van der Waals surface area contributed by atoms with Crippen LogP contribution in [0.5, 0.6) is 23.0 Å². The lowest BCUT2D eigenvalue weighted by atomic mass is 9.94. The van der Waals surface area contributed by atoms with Crippen molar-refractivity contribution in [2.75, 3.05) is 33.3 Å². The second-order valence-electron chi connectivity index (χ2n) is 9.97. The molecule has 0 radical (unpaired) electrons. The number of anilines is 1. The third-order valence-corrected chi connectivity index (χ3v) is 7.45. The highest BCUT2D eigenvalue weighted by molar-refractivity contribution is 6.09. The van der Waals surface area contributed by atoms with E-state index in [-0.39, 0.29) is 17.7 Å². The average Bonchev–Trinajstić information content (AvgIpc) is 3.78. The number of rotatable bonds is 11. The number of nitrogens with one attached hydrogen (secondary N) is 1. The van der Waals surface area contributed by atoms with Gasteiger partial charge in [-0.3, -0.25) is 14.5 Å². The molecule has 1 saturated carbocycles. The number of hydrogen-bond acceptors (Lipinski definition) is 10. The molecule has 0 unspecified atom stereocenters. The van der Waals surface area contributed by atoms with Gasteiger partial charge in [0.25, 0.3) is 5.91 Å².